The zero-order valence-electron chi connectivity index (χ0n) is 19.3. The molecule has 0 fully saturated rings. The summed E-state index contributed by atoms with van der Waals surface area (Å²) >= 11 is 18.4. The maximum absolute atomic E-state index is 10.8. The molecule has 0 saturated heterocycles. The highest BCUT2D eigenvalue weighted by atomic mass is 35.5. The van der Waals surface area contributed by atoms with E-state index in [0.29, 0.717) is 41.1 Å². The number of aliphatic hydroxyl groups is 1. The molecule has 0 aromatic heterocycles. The Bertz CT molecular complexity index is 1190. The van der Waals surface area contributed by atoms with Gasteiger partial charge >= 0.3 is 0 Å². The van der Waals surface area contributed by atoms with Gasteiger partial charge in [-0.2, -0.15) is 0 Å². The maximum atomic E-state index is 10.8. The van der Waals surface area contributed by atoms with Gasteiger partial charge in [0, 0.05) is 36.6 Å². The van der Waals surface area contributed by atoms with Crippen LogP contribution in [0.2, 0.25) is 15.1 Å². The molecule has 8 heteroatoms. The van der Waals surface area contributed by atoms with Crippen molar-refractivity contribution in [3.63, 3.8) is 0 Å². The molecule has 0 radical (unpaired) electrons. The third kappa shape index (κ3) is 7.35. The molecule has 184 valence electrons. The van der Waals surface area contributed by atoms with E-state index in [4.69, 9.17) is 44.4 Å². The molecule has 2 atom stereocenters. The van der Waals surface area contributed by atoms with Crippen LogP contribution in [0.1, 0.15) is 23.1 Å². The fourth-order valence-corrected chi connectivity index (χ4v) is 4.52. The summed E-state index contributed by atoms with van der Waals surface area (Å²) in [5.41, 5.74) is 3.78. The van der Waals surface area contributed by atoms with Crippen molar-refractivity contribution < 1.29 is 14.7 Å². The van der Waals surface area contributed by atoms with Crippen LogP contribution in [-0.2, 0) is 11.4 Å². The van der Waals surface area contributed by atoms with E-state index in [1.165, 1.54) is 0 Å². The summed E-state index contributed by atoms with van der Waals surface area (Å²) in [5.74, 6) is 0.770. The van der Waals surface area contributed by atoms with Crippen molar-refractivity contribution in [3.8, 4) is 5.75 Å². The number of aliphatic hydroxyl groups excluding tert-OH is 1. The van der Waals surface area contributed by atoms with Crippen LogP contribution < -0.4 is 4.74 Å². The molecular formula is C27H27Cl3N2O3. The number of ether oxygens (including phenoxy) is 1. The first-order chi connectivity index (χ1) is 16.9. The minimum Gasteiger partial charge on any atom is -0.491 e. The Morgan fingerprint density at radius 1 is 1.06 bits per heavy atom. The van der Waals surface area contributed by atoms with E-state index < -0.39 is 6.10 Å². The van der Waals surface area contributed by atoms with Crippen molar-refractivity contribution in [2.24, 2.45) is 5.16 Å². The van der Waals surface area contributed by atoms with Gasteiger partial charge in [0.05, 0.1) is 15.8 Å². The summed E-state index contributed by atoms with van der Waals surface area (Å²) in [5, 5.41) is 16.7. The summed E-state index contributed by atoms with van der Waals surface area (Å²) in [7, 11) is 0. The average molecular weight is 534 g/mol. The number of hydrogen-bond donors (Lipinski definition) is 1. The number of benzene rings is 3. The highest BCUT2D eigenvalue weighted by Gasteiger charge is 2.26. The summed E-state index contributed by atoms with van der Waals surface area (Å²) < 4.78 is 5.86. The smallest absolute Gasteiger partial charge is 0.145 e. The van der Waals surface area contributed by atoms with E-state index in [0.717, 1.165) is 28.2 Å². The molecule has 0 aliphatic carbocycles. The van der Waals surface area contributed by atoms with Crippen molar-refractivity contribution in [2.45, 2.75) is 32.1 Å². The molecule has 3 aromatic rings. The first-order valence-electron chi connectivity index (χ1n) is 11.4. The normalized spacial score (nSPS) is 16.2. The number of para-hydroxylation sites is 1. The Labute approximate surface area is 220 Å². The lowest BCUT2D eigenvalue weighted by Gasteiger charge is -2.27. The Morgan fingerprint density at radius 3 is 2.66 bits per heavy atom. The van der Waals surface area contributed by atoms with Gasteiger partial charge in [-0.05, 0) is 48.4 Å². The molecule has 35 heavy (non-hydrogen) atoms. The number of oxime groups is 1. The van der Waals surface area contributed by atoms with Crippen LogP contribution in [0.15, 0.2) is 71.9 Å². The highest BCUT2D eigenvalue weighted by Crippen LogP contribution is 2.26. The second-order valence-electron chi connectivity index (χ2n) is 8.65. The largest absolute Gasteiger partial charge is 0.491 e. The third-order valence-electron chi connectivity index (χ3n) is 5.74. The van der Waals surface area contributed by atoms with Gasteiger partial charge in [0.2, 0.25) is 0 Å². The number of rotatable bonds is 10. The van der Waals surface area contributed by atoms with Crippen molar-refractivity contribution >= 4 is 40.5 Å². The summed E-state index contributed by atoms with van der Waals surface area (Å²) in [6.45, 7) is 3.75. The van der Waals surface area contributed by atoms with E-state index in [1.807, 2.05) is 61.5 Å². The molecule has 0 saturated carbocycles. The van der Waals surface area contributed by atoms with Crippen LogP contribution in [-0.4, -0.2) is 47.6 Å². The highest BCUT2D eigenvalue weighted by molar-refractivity contribution is 6.42. The molecule has 5 nitrogen and oxygen atoms in total. The number of aryl methyl sites for hydroxylation is 1. The minimum atomic E-state index is -0.689. The lowest BCUT2D eigenvalue weighted by atomic mass is 10.0. The van der Waals surface area contributed by atoms with Gasteiger partial charge in [-0.1, -0.05) is 76.4 Å². The van der Waals surface area contributed by atoms with E-state index in [-0.39, 0.29) is 12.7 Å². The van der Waals surface area contributed by atoms with Crippen LogP contribution in [0.3, 0.4) is 0 Å². The second-order valence-corrected chi connectivity index (χ2v) is 9.90. The second kappa shape index (κ2) is 12.1. The fraction of sp³-hybridized carbons (Fsp3) is 0.296. The topological polar surface area (TPSA) is 54.3 Å². The summed E-state index contributed by atoms with van der Waals surface area (Å²) in [6.07, 6.45) is -0.228. The predicted molar refractivity (Wildman–Crippen MR) is 142 cm³/mol. The molecule has 3 aromatic carbocycles. The fourth-order valence-electron chi connectivity index (χ4n) is 4.01. The third-order valence-corrected chi connectivity index (χ3v) is 6.71. The van der Waals surface area contributed by atoms with Crippen molar-refractivity contribution in [1.29, 1.82) is 0 Å². The number of hydrogen-bond acceptors (Lipinski definition) is 5. The van der Waals surface area contributed by atoms with Crippen molar-refractivity contribution in [1.82, 2.24) is 4.90 Å². The molecule has 1 aliphatic rings. The molecule has 0 bridgehead atoms. The zero-order chi connectivity index (χ0) is 24.8. The molecule has 1 aliphatic heterocycles. The SMILES string of the molecule is Cc1ccccc1OC[C@@H](O)CN(Cc1cccc(Cl)c1)C[C@@H]1CC(c2ccc(Cl)c(Cl)c2)=NO1. The number of halogens is 3. The predicted octanol–water partition coefficient (Wildman–Crippen LogP) is 6.39. The Kier molecular flexibility index (Phi) is 8.93. The van der Waals surface area contributed by atoms with Gasteiger partial charge in [0.1, 0.15) is 24.6 Å². The Balaban J connectivity index is 1.39. The average Bonchev–Trinajstić information content (AvgIpc) is 3.29. The van der Waals surface area contributed by atoms with Crippen LogP contribution >= 0.6 is 34.8 Å². The lowest BCUT2D eigenvalue weighted by molar-refractivity contribution is 0.0212. The van der Waals surface area contributed by atoms with Crippen LogP contribution in [0.4, 0.5) is 0 Å². The van der Waals surface area contributed by atoms with Gasteiger partial charge in [0.15, 0.2) is 0 Å². The summed E-state index contributed by atoms with van der Waals surface area (Å²) in [4.78, 5) is 7.87. The first kappa shape index (κ1) is 25.8. The van der Waals surface area contributed by atoms with Crippen molar-refractivity contribution in [3.05, 3.63) is 98.5 Å². The molecule has 1 heterocycles. The van der Waals surface area contributed by atoms with E-state index in [2.05, 4.69) is 10.1 Å². The monoisotopic (exact) mass is 532 g/mol. The standard InChI is InChI=1S/C27H27Cl3N2O3/c1-18-5-2-3-8-27(18)34-17-22(33)15-32(14-19-6-4-7-21(28)11-19)16-23-13-26(31-35-23)20-9-10-24(29)25(30)12-20/h2-12,22-23,33H,13-17H2,1H3/t22-,23-/m0/s1. The Morgan fingerprint density at radius 2 is 1.89 bits per heavy atom. The van der Waals surface area contributed by atoms with Crippen LogP contribution in [0.25, 0.3) is 0 Å². The van der Waals surface area contributed by atoms with E-state index >= 15 is 0 Å². The zero-order valence-corrected chi connectivity index (χ0v) is 21.6. The first-order valence-corrected chi connectivity index (χ1v) is 12.5. The van der Waals surface area contributed by atoms with Crippen LogP contribution in [0.5, 0.6) is 5.75 Å². The molecule has 0 spiro atoms. The van der Waals surface area contributed by atoms with Gasteiger partial charge in [-0.3, -0.25) is 4.90 Å². The van der Waals surface area contributed by atoms with Crippen molar-refractivity contribution in [2.75, 3.05) is 19.7 Å². The van der Waals surface area contributed by atoms with Gasteiger partial charge in [-0.25, -0.2) is 0 Å². The van der Waals surface area contributed by atoms with Gasteiger partial charge < -0.3 is 14.7 Å². The quantitative estimate of drug-likeness (QED) is 0.328. The van der Waals surface area contributed by atoms with Gasteiger partial charge in [0.25, 0.3) is 0 Å². The molecule has 4 rings (SSSR count). The van der Waals surface area contributed by atoms with E-state index in [1.54, 1.807) is 12.1 Å². The van der Waals surface area contributed by atoms with Gasteiger partial charge in [-0.15, -0.1) is 0 Å². The maximum Gasteiger partial charge on any atom is 0.145 e. The minimum absolute atomic E-state index is 0.164. The van der Waals surface area contributed by atoms with Crippen LogP contribution in [0, 0.1) is 6.92 Å². The molecule has 0 amide bonds. The lowest BCUT2D eigenvalue weighted by Crippen LogP contribution is -2.39. The molecular weight excluding hydrogens is 507 g/mol. The molecule has 1 N–H and O–H groups in total. The van der Waals surface area contributed by atoms with E-state index in [9.17, 15) is 5.11 Å². The number of nitrogens with zero attached hydrogens (tertiary/aromatic N) is 2. The molecule has 0 unspecified atom stereocenters. The Hall–Kier alpha value is -2.28. The summed E-state index contributed by atoms with van der Waals surface area (Å²) in [6, 6.07) is 20.9.